The van der Waals surface area contributed by atoms with E-state index in [0.29, 0.717) is 5.92 Å². The number of hydrogen-bond donors (Lipinski definition) is 0. The molecule has 8 aromatic rings. The molecule has 264 valence electrons. The standard InChI is InChI=1S/C48H39BN4.Pt/c1-31(2)35-24-25-50-43(30-35)36-14-13-15-38(28-36)49-40-18-9-11-20-44(40)53(47-33(4)26-32(3)27-34(47)5)45-23-22-37(29-41(45)49)48-51-42-19-10-12-21-46(42)52(48)39-16-7-6-8-17-39;/h6-27,30-31H,1-5H3;/q-2;+2. The summed E-state index contributed by atoms with van der Waals surface area (Å²) in [6.07, 6.45) is 1.92. The van der Waals surface area contributed by atoms with Crippen molar-refractivity contribution in [1.82, 2.24) is 14.5 Å². The second-order valence-electron chi connectivity index (χ2n) is 14.5. The van der Waals surface area contributed by atoms with Crippen LogP contribution in [0.1, 0.15) is 42.0 Å². The van der Waals surface area contributed by atoms with Gasteiger partial charge < -0.3 is 14.5 Å². The summed E-state index contributed by atoms with van der Waals surface area (Å²) in [7, 11) is 0. The number of nitrogens with zero attached hydrogens (tertiary/aromatic N) is 4. The van der Waals surface area contributed by atoms with E-state index in [-0.39, 0.29) is 27.8 Å². The predicted octanol–water partition coefficient (Wildman–Crippen LogP) is 9.70. The molecule has 2 aromatic heterocycles. The van der Waals surface area contributed by atoms with Crippen LogP contribution in [0.5, 0.6) is 0 Å². The molecule has 0 fully saturated rings. The average Bonchev–Trinajstić information content (AvgIpc) is 3.57. The molecule has 6 aromatic carbocycles. The van der Waals surface area contributed by atoms with Crippen LogP contribution in [-0.2, 0) is 21.1 Å². The maximum atomic E-state index is 5.24. The van der Waals surface area contributed by atoms with Crippen molar-refractivity contribution in [2.24, 2.45) is 0 Å². The van der Waals surface area contributed by atoms with Crippen LogP contribution in [0.25, 0.3) is 39.4 Å². The summed E-state index contributed by atoms with van der Waals surface area (Å²) in [4.78, 5) is 12.5. The average molecular weight is 878 g/mol. The maximum absolute atomic E-state index is 5.24. The monoisotopic (exact) mass is 877 g/mol. The number of hydrogen-bond acceptors (Lipinski definition) is 3. The van der Waals surface area contributed by atoms with Crippen LogP contribution in [-0.4, -0.2) is 21.2 Å². The van der Waals surface area contributed by atoms with Gasteiger partial charge in [-0.1, -0.05) is 91.7 Å². The van der Waals surface area contributed by atoms with Gasteiger partial charge in [0.25, 0.3) is 0 Å². The number of imidazole rings is 1. The Labute approximate surface area is 332 Å². The van der Waals surface area contributed by atoms with Crippen LogP contribution in [0, 0.1) is 32.9 Å². The molecule has 0 aliphatic carbocycles. The molecule has 0 saturated carbocycles. The molecule has 0 saturated heterocycles. The summed E-state index contributed by atoms with van der Waals surface area (Å²) in [5.41, 5.74) is 17.8. The van der Waals surface area contributed by atoms with Gasteiger partial charge in [0.1, 0.15) is 0 Å². The Bertz CT molecular complexity index is 2640. The van der Waals surface area contributed by atoms with E-state index >= 15 is 0 Å². The first kappa shape index (κ1) is 35.5. The number of aromatic nitrogens is 3. The van der Waals surface area contributed by atoms with Crippen molar-refractivity contribution in [3.8, 4) is 28.3 Å². The van der Waals surface area contributed by atoms with E-state index in [1.54, 1.807) is 0 Å². The van der Waals surface area contributed by atoms with Crippen LogP contribution in [0.4, 0.5) is 17.1 Å². The Kier molecular flexibility index (Phi) is 9.46. The molecule has 1 aliphatic heterocycles. The maximum Gasteiger partial charge on any atom is 2.00 e. The van der Waals surface area contributed by atoms with Crippen molar-refractivity contribution in [1.29, 1.82) is 0 Å². The predicted molar refractivity (Wildman–Crippen MR) is 221 cm³/mol. The van der Waals surface area contributed by atoms with E-state index in [4.69, 9.17) is 9.97 Å². The van der Waals surface area contributed by atoms with E-state index in [0.717, 1.165) is 61.7 Å². The molecule has 0 bridgehead atoms. The molecule has 1 aliphatic rings. The number of rotatable bonds is 6. The van der Waals surface area contributed by atoms with Crippen LogP contribution >= 0.6 is 0 Å². The Morgan fingerprint density at radius 2 is 1.41 bits per heavy atom. The number of fused-ring (bicyclic) bond motifs is 3. The fourth-order valence-electron chi connectivity index (χ4n) is 8.16. The summed E-state index contributed by atoms with van der Waals surface area (Å²) < 4.78 is 2.26. The van der Waals surface area contributed by atoms with Gasteiger partial charge >= 0.3 is 21.1 Å². The third-order valence-electron chi connectivity index (χ3n) is 10.5. The molecule has 3 heterocycles. The molecule has 0 radical (unpaired) electrons. The van der Waals surface area contributed by atoms with E-state index in [1.165, 1.54) is 33.4 Å². The summed E-state index contributed by atoms with van der Waals surface area (Å²) in [6.45, 7) is 10.9. The SMILES string of the molecule is Cc1cc(C)c(N2c3ccc(-c4nc5ccccc5n4-c4ccccc4)[c-]c3B(c3[c-]c(-c4cc(C(C)C)ccn4)ccc3)c3ccccc32)c(C)c1.[Pt+2]. The fourth-order valence-corrected chi connectivity index (χ4v) is 8.16. The van der Waals surface area contributed by atoms with Gasteiger partial charge in [0.15, 0.2) is 0 Å². The van der Waals surface area contributed by atoms with Crippen molar-refractivity contribution in [2.45, 2.75) is 40.5 Å². The molecule has 9 rings (SSSR count). The second-order valence-corrected chi connectivity index (χ2v) is 14.5. The number of para-hydroxylation sites is 4. The van der Waals surface area contributed by atoms with Crippen molar-refractivity contribution in [3.05, 3.63) is 174 Å². The summed E-state index contributed by atoms with van der Waals surface area (Å²) >= 11 is 0. The molecule has 0 atom stereocenters. The van der Waals surface area contributed by atoms with Gasteiger partial charge in [-0.15, -0.1) is 59.1 Å². The number of pyridine rings is 1. The van der Waals surface area contributed by atoms with Crippen LogP contribution < -0.4 is 21.3 Å². The molecule has 4 nitrogen and oxygen atoms in total. The van der Waals surface area contributed by atoms with Crippen LogP contribution in [0.2, 0.25) is 0 Å². The minimum Gasteiger partial charge on any atom is -0.352 e. The Morgan fingerprint density at radius 3 is 2.20 bits per heavy atom. The normalized spacial score (nSPS) is 12.1. The smallest absolute Gasteiger partial charge is 0.352 e. The van der Waals surface area contributed by atoms with Crippen molar-refractivity contribution < 1.29 is 21.1 Å². The zero-order chi connectivity index (χ0) is 36.2. The van der Waals surface area contributed by atoms with Gasteiger partial charge in [-0.2, -0.15) is 5.46 Å². The van der Waals surface area contributed by atoms with E-state index in [1.807, 2.05) is 6.20 Å². The van der Waals surface area contributed by atoms with Gasteiger partial charge in [0, 0.05) is 23.3 Å². The molecule has 0 N–H and O–H groups in total. The summed E-state index contributed by atoms with van der Waals surface area (Å²) in [6, 6.07) is 55.4. The van der Waals surface area contributed by atoms with Crippen molar-refractivity contribution in [3.63, 3.8) is 0 Å². The molecule has 0 spiro atoms. The topological polar surface area (TPSA) is 34.0 Å². The Hall–Kier alpha value is -5.51. The minimum absolute atomic E-state index is 0. The number of anilines is 3. The third-order valence-corrected chi connectivity index (χ3v) is 10.5. The Morgan fingerprint density at radius 1 is 0.667 bits per heavy atom. The van der Waals surface area contributed by atoms with Gasteiger partial charge in [0.05, 0.1) is 16.9 Å². The molecule has 54 heavy (non-hydrogen) atoms. The first-order chi connectivity index (χ1) is 25.9. The number of benzene rings is 6. The third kappa shape index (κ3) is 6.11. The van der Waals surface area contributed by atoms with Gasteiger partial charge in [-0.3, -0.25) is 4.98 Å². The minimum atomic E-state index is -0.133. The quantitative estimate of drug-likeness (QED) is 0.123. The van der Waals surface area contributed by atoms with Gasteiger partial charge in [-0.05, 0) is 91.1 Å². The molecule has 0 amide bonds. The first-order valence-electron chi connectivity index (χ1n) is 18.4. The first-order valence-corrected chi connectivity index (χ1v) is 18.4. The van der Waals surface area contributed by atoms with Crippen LogP contribution in [0.3, 0.4) is 0 Å². The zero-order valence-electron chi connectivity index (χ0n) is 31.0. The van der Waals surface area contributed by atoms with Crippen molar-refractivity contribution >= 4 is 51.2 Å². The van der Waals surface area contributed by atoms with E-state index in [2.05, 4.69) is 190 Å². The molecular formula is C48H39BN4Pt. The van der Waals surface area contributed by atoms with Crippen molar-refractivity contribution in [2.75, 3.05) is 4.90 Å². The largest absolute Gasteiger partial charge is 2.00 e. The fraction of sp³-hybridized carbons (Fsp3) is 0.125. The second kappa shape index (κ2) is 14.4. The van der Waals surface area contributed by atoms with Gasteiger partial charge in [0.2, 0.25) is 6.71 Å². The molecule has 0 unspecified atom stereocenters. The van der Waals surface area contributed by atoms with E-state index in [9.17, 15) is 0 Å². The molecular weight excluding hydrogens is 838 g/mol. The molecule has 6 heteroatoms. The van der Waals surface area contributed by atoms with E-state index < -0.39 is 0 Å². The summed E-state index contributed by atoms with van der Waals surface area (Å²) in [5.74, 6) is 1.27. The Balaban J connectivity index is 0.00000413. The summed E-state index contributed by atoms with van der Waals surface area (Å²) in [5, 5.41) is 0. The zero-order valence-corrected chi connectivity index (χ0v) is 33.3. The van der Waals surface area contributed by atoms with Crippen LogP contribution in [0.15, 0.2) is 140 Å². The number of aryl methyl sites for hydroxylation is 3. The van der Waals surface area contributed by atoms with Gasteiger partial charge in [-0.25, -0.2) is 0 Å².